The van der Waals surface area contributed by atoms with Gasteiger partial charge in [0.05, 0.1) is 24.4 Å². The number of alkyl halides is 1. The Hall–Kier alpha value is -3.65. The van der Waals surface area contributed by atoms with Gasteiger partial charge in [0.1, 0.15) is 12.4 Å². The molecule has 1 amide bonds. The molecule has 0 aliphatic rings. The van der Waals surface area contributed by atoms with Crippen LogP contribution in [0.25, 0.3) is 0 Å². The summed E-state index contributed by atoms with van der Waals surface area (Å²) in [5.74, 6) is 0.450. The summed E-state index contributed by atoms with van der Waals surface area (Å²) in [4.78, 5) is 16.7. The molecular weight excluding hydrogens is 449 g/mol. The number of aliphatic imine (C=N–C) groups is 1. The van der Waals surface area contributed by atoms with Crippen molar-refractivity contribution in [2.75, 3.05) is 26.4 Å². The van der Waals surface area contributed by atoms with E-state index in [1.807, 2.05) is 6.92 Å². The molecule has 0 rings (SSSR count). The first-order chi connectivity index (χ1) is 16.8. The van der Waals surface area contributed by atoms with Crippen LogP contribution in [-0.4, -0.2) is 48.4 Å². The van der Waals surface area contributed by atoms with Crippen molar-refractivity contribution >= 4 is 11.7 Å². The third-order valence-electron chi connectivity index (χ3n) is 4.72. The number of carbonyl (C=O) groups is 1. The summed E-state index contributed by atoms with van der Waals surface area (Å²) >= 11 is 0. The van der Waals surface area contributed by atoms with E-state index in [-0.39, 0.29) is 17.9 Å². The van der Waals surface area contributed by atoms with E-state index in [0.29, 0.717) is 36.2 Å². The van der Waals surface area contributed by atoms with Gasteiger partial charge in [0.15, 0.2) is 0 Å². The van der Waals surface area contributed by atoms with Crippen LogP contribution in [0.15, 0.2) is 102 Å². The number of hydrogen-bond acceptors (Lipinski definition) is 5. The van der Waals surface area contributed by atoms with Crippen molar-refractivity contribution in [2.24, 2.45) is 10.9 Å². The van der Waals surface area contributed by atoms with Gasteiger partial charge < -0.3 is 25.6 Å². The molecule has 0 aromatic rings. The zero-order valence-electron chi connectivity index (χ0n) is 20.7. The van der Waals surface area contributed by atoms with Crippen LogP contribution in [0.4, 0.5) is 4.39 Å². The van der Waals surface area contributed by atoms with Crippen molar-refractivity contribution in [1.82, 2.24) is 10.6 Å². The maximum atomic E-state index is 12.3. The minimum Gasteiger partial charge on any atom is -0.516 e. The molecule has 0 aromatic carbocycles. The standard InChI is InChI=1S/C27H38FN3O4/c1-6-23(20-35-18-14-25(21(4)33)11-9-15-28)13-16-29-22(5)30-19-26(8-3)31-27(34)24(7-2)12-10-17-32/h7-12,14,17,19,23,32-33H,2-4,6,13,15-16,18,20H2,1,5H3,(H,29,30)(H,31,34)/b11-9-,17-10+,24-12+,25-14+,26-19+. The maximum Gasteiger partial charge on any atom is 0.255 e. The lowest BCUT2D eigenvalue weighted by Crippen LogP contribution is -2.25. The summed E-state index contributed by atoms with van der Waals surface area (Å²) in [5, 5.41) is 23.9. The SMILES string of the molecule is C=C/C(=C\NC(C)=NCCC(CC)COC/C=C(\C=C/CF)C(=C)O)NC(=O)/C(C=C)=C/C=C/O. The number of hydrogen-bond donors (Lipinski definition) is 4. The summed E-state index contributed by atoms with van der Waals surface area (Å²) in [6.45, 7) is 15.4. The average Bonchev–Trinajstić information content (AvgIpc) is 2.84. The second-order valence-electron chi connectivity index (χ2n) is 7.30. The van der Waals surface area contributed by atoms with Crippen molar-refractivity contribution in [3.8, 4) is 0 Å². The molecule has 0 aromatic heterocycles. The number of amidine groups is 1. The Morgan fingerprint density at radius 1 is 1.26 bits per heavy atom. The first-order valence-corrected chi connectivity index (χ1v) is 11.3. The molecule has 0 radical (unpaired) electrons. The Labute approximate surface area is 208 Å². The summed E-state index contributed by atoms with van der Waals surface area (Å²) in [5.41, 5.74) is 1.17. The summed E-state index contributed by atoms with van der Waals surface area (Å²) < 4.78 is 17.9. The molecule has 8 heteroatoms. The monoisotopic (exact) mass is 487 g/mol. The fraction of sp³-hybridized carbons (Fsp3) is 0.333. The van der Waals surface area contributed by atoms with Crippen molar-refractivity contribution in [3.05, 3.63) is 97.3 Å². The summed E-state index contributed by atoms with van der Waals surface area (Å²) in [6.07, 6.45) is 14.2. The average molecular weight is 488 g/mol. The van der Waals surface area contributed by atoms with Crippen LogP contribution in [0.5, 0.6) is 0 Å². The highest BCUT2D eigenvalue weighted by Gasteiger charge is 2.07. The molecule has 0 aliphatic heterocycles. The van der Waals surface area contributed by atoms with E-state index in [0.717, 1.165) is 19.1 Å². The van der Waals surface area contributed by atoms with Crippen molar-refractivity contribution in [3.63, 3.8) is 0 Å². The van der Waals surface area contributed by atoms with E-state index in [1.165, 1.54) is 36.5 Å². The van der Waals surface area contributed by atoms with Gasteiger partial charge >= 0.3 is 0 Å². The molecule has 0 spiro atoms. The van der Waals surface area contributed by atoms with Crippen LogP contribution in [0.1, 0.15) is 26.7 Å². The van der Waals surface area contributed by atoms with Crippen molar-refractivity contribution in [2.45, 2.75) is 26.7 Å². The minimum atomic E-state index is -0.617. The summed E-state index contributed by atoms with van der Waals surface area (Å²) in [7, 11) is 0. The van der Waals surface area contributed by atoms with Gasteiger partial charge in [-0.15, -0.1) is 0 Å². The Kier molecular flexibility index (Phi) is 17.7. The number of nitrogens with one attached hydrogen (secondary N) is 2. The molecule has 0 heterocycles. The largest absolute Gasteiger partial charge is 0.516 e. The third kappa shape index (κ3) is 15.0. The van der Waals surface area contributed by atoms with Crippen LogP contribution < -0.4 is 10.6 Å². The second kappa shape index (κ2) is 19.8. The first-order valence-electron chi connectivity index (χ1n) is 11.3. The van der Waals surface area contributed by atoms with E-state index >= 15 is 0 Å². The van der Waals surface area contributed by atoms with Gasteiger partial charge in [-0.1, -0.05) is 51.3 Å². The molecule has 0 fully saturated rings. The Morgan fingerprint density at radius 2 is 2.00 bits per heavy atom. The van der Waals surface area contributed by atoms with E-state index < -0.39 is 12.6 Å². The lowest BCUT2D eigenvalue weighted by molar-refractivity contribution is -0.116. The number of rotatable bonds is 17. The van der Waals surface area contributed by atoms with Gasteiger partial charge in [-0.2, -0.15) is 0 Å². The molecular formula is C27H38FN3O4. The van der Waals surface area contributed by atoms with Crippen molar-refractivity contribution < 1.29 is 24.1 Å². The smallest absolute Gasteiger partial charge is 0.255 e. The van der Waals surface area contributed by atoms with Gasteiger partial charge in [0.2, 0.25) is 0 Å². The molecule has 7 nitrogen and oxygen atoms in total. The zero-order valence-corrected chi connectivity index (χ0v) is 20.7. The molecule has 0 saturated heterocycles. The minimum absolute atomic E-state index is 0.132. The highest BCUT2D eigenvalue weighted by molar-refractivity contribution is 5.97. The molecule has 35 heavy (non-hydrogen) atoms. The predicted octanol–water partition coefficient (Wildman–Crippen LogP) is 5.28. The highest BCUT2D eigenvalue weighted by Crippen LogP contribution is 2.11. The van der Waals surface area contributed by atoms with Crippen LogP contribution in [-0.2, 0) is 9.53 Å². The second-order valence-corrected chi connectivity index (χ2v) is 7.30. The van der Waals surface area contributed by atoms with Crippen LogP contribution >= 0.6 is 0 Å². The van der Waals surface area contributed by atoms with E-state index in [9.17, 15) is 14.3 Å². The predicted molar refractivity (Wildman–Crippen MR) is 142 cm³/mol. The van der Waals surface area contributed by atoms with Crippen LogP contribution in [0, 0.1) is 5.92 Å². The number of allylic oxidation sites excluding steroid dienone is 5. The Morgan fingerprint density at radius 3 is 2.57 bits per heavy atom. The molecule has 192 valence electrons. The molecule has 1 unspecified atom stereocenters. The first kappa shape index (κ1) is 31.4. The van der Waals surface area contributed by atoms with Gasteiger partial charge in [-0.3, -0.25) is 9.79 Å². The third-order valence-corrected chi connectivity index (χ3v) is 4.72. The van der Waals surface area contributed by atoms with E-state index in [4.69, 9.17) is 9.84 Å². The van der Waals surface area contributed by atoms with Gasteiger partial charge in [-0.05, 0) is 43.6 Å². The maximum absolute atomic E-state index is 12.3. The number of amides is 1. The lowest BCUT2D eigenvalue weighted by atomic mass is 10.0. The fourth-order valence-electron chi connectivity index (χ4n) is 2.62. The van der Waals surface area contributed by atoms with Gasteiger partial charge in [-0.25, -0.2) is 4.39 Å². The normalized spacial score (nSPS) is 14.3. The van der Waals surface area contributed by atoms with Gasteiger partial charge in [0, 0.05) is 30.5 Å². The Bertz CT molecular complexity index is 883. The number of ether oxygens (including phenoxy) is 1. The molecule has 4 N–H and O–H groups in total. The Balaban J connectivity index is 4.70. The van der Waals surface area contributed by atoms with E-state index in [2.05, 4.69) is 42.3 Å². The lowest BCUT2D eigenvalue weighted by Gasteiger charge is -2.14. The zero-order chi connectivity index (χ0) is 26.5. The van der Waals surface area contributed by atoms with E-state index in [1.54, 1.807) is 12.3 Å². The summed E-state index contributed by atoms with van der Waals surface area (Å²) in [6, 6.07) is 0. The molecule has 0 aliphatic carbocycles. The van der Waals surface area contributed by atoms with Gasteiger partial charge in [0.25, 0.3) is 5.91 Å². The fourth-order valence-corrected chi connectivity index (χ4v) is 2.62. The number of aliphatic hydroxyl groups excluding tert-OH is 2. The highest BCUT2D eigenvalue weighted by atomic mass is 19.1. The topological polar surface area (TPSA) is 103 Å². The molecule has 0 bridgehead atoms. The van der Waals surface area contributed by atoms with Crippen LogP contribution in [0.3, 0.4) is 0 Å². The van der Waals surface area contributed by atoms with Crippen molar-refractivity contribution in [1.29, 1.82) is 0 Å². The number of nitrogens with zero attached hydrogens (tertiary/aromatic N) is 1. The van der Waals surface area contributed by atoms with Crippen LogP contribution in [0.2, 0.25) is 0 Å². The molecule has 0 saturated carbocycles. The number of aliphatic hydroxyl groups is 2. The quantitative estimate of drug-likeness (QED) is 0.0558. The molecule has 1 atom stereocenters. The number of halogens is 1. The number of carbonyl (C=O) groups excluding carboxylic acids is 1.